The number of hydrogen-bond donors (Lipinski definition) is 0. The zero-order valence-electron chi connectivity index (χ0n) is 18.7. The molecule has 0 saturated heterocycles. The van der Waals surface area contributed by atoms with Gasteiger partial charge in [0.05, 0.1) is 6.61 Å². The molecule has 0 bridgehead atoms. The lowest BCUT2D eigenvalue weighted by Crippen LogP contribution is -2.38. The average Bonchev–Trinajstić information content (AvgIpc) is 2.77. The quantitative estimate of drug-likeness (QED) is 0.517. The molecule has 32 heavy (non-hydrogen) atoms. The molecule has 3 atom stereocenters. The summed E-state index contributed by atoms with van der Waals surface area (Å²) in [5.41, 5.74) is 4.08. The highest BCUT2D eigenvalue weighted by molar-refractivity contribution is 6.30. The highest BCUT2D eigenvalue weighted by Crippen LogP contribution is 2.47. The molecular weight excluding hydrogens is 422 g/mol. The van der Waals surface area contributed by atoms with E-state index in [1.807, 2.05) is 57.2 Å². The molecule has 1 aliphatic heterocycles. The van der Waals surface area contributed by atoms with Gasteiger partial charge < -0.3 is 4.74 Å². The largest absolute Gasteiger partial charge is 0.465 e. The van der Waals surface area contributed by atoms with Crippen molar-refractivity contribution in [2.75, 3.05) is 6.61 Å². The van der Waals surface area contributed by atoms with E-state index in [-0.39, 0.29) is 23.6 Å². The lowest BCUT2D eigenvalue weighted by Gasteiger charge is -2.36. The van der Waals surface area contributed by atoms with Gasteiger partial charge in [0, 0.05) is 34.3 Å². The zero-order chi connectivity index (χ0) is 22.8. The van der Waals surface area contributed by atoms with Crippen LogP contribution >= 0.6 is 11.6 Å². The highest BCUT2D eigenvalue weighted by atomic mass is 35.5. The summed E-state index contributed by atoms with van der Waals surface area (Å²) in [7, 11) is 0. The minimum atomic E-state index is -0.636. The number of Topliss-reactive ketones (excluding diaryl/α,β-unsaturated/α-hetero) is 1. The molecule has 2 aromatic carbocycles. The molecule has 4 rings (SSSR count). The Morgan fingerprint density at radius 3 is 2.50 bits per heavy atom. The van der Waals surface area contributed by atoms with Crippen molar-refractivity contribution in [1.29, 1.82) is 0 Å². The second kappa shape index (κ2) is 9.41. The van der Waals surface area contributed by atoms with E-state index >= 15 is 0 Å². The van der Waals surface area contributed by atoms with Gasteiger partial charge in [-0.1, -0.05) is 67.9 Å². The molecular formula is C27H28ClNO3. The van der Waals surface area contributed by atoms with Gasteiger partial charge in [0.15, 0.2) is 5.78 Å². The predicted octanol–water partition coefficient (Wildman–Crippen LogP) is 6.11. The van der Waals surface area contributed by atoms with Crippen LogP contribution in [0.2, 0.25) is 5.02 Å². The van der Waals surface area contributed by atoms with Gasteiger partial charge in [0.25, 0.3) is 0 Å². The SMILES string of the molecule is CC1=NC2=C(C(=O)C[C@@H](c3ccccc3)C2)[C@H](c2cccc(Cl)c2)C1C(=O)OCC(C)C. The third-order valence-corrected chi connectivity index (χ3v) is 6.42. The van der Waals surface area contributed by atoms with E-state index in [9.17, 15) is 9.59 Å². The van der Waals surface area contributed by atoms with Crippen molar-refractivity contribution in [2.24, 2.45) is 16.8 Å². The van der Waals surface area contributed by atoms with E-state index in [1.165, 1.54) is 0 Å². The fourth-order valence-electron chi connectivity index (χ4n) is 4.72. The van der Waals surface area contributed by atoms with Crippen molar-refractivity contribution in [1.82, 2.24) is 0 Å². The van der Waals surface area contributed by atoms with Gasteiger partial charge >= 0.3 is 5.97 Å². The fourth-order valence-corrected chi connectivity index (χ4v) is 4.92. The highest BCUT2D eigenvalue weighted by Gasteiger charge is 2.44. The molecule has 1 heterocycles. The Bertz CT molecular complexity index is 1090. The first kappa shape index (κ1) is 22.5. The molecule has 2 aromatic rings. The van der Waals surface area contributed by atoms with E-state index in [2.05, 4.69) is 12.1 Å². The topological polar surface area (TPSA) is 55.7 Å². The number of nitrogens with zero attached hydrogens (tertiary/aromatic N) is 1. The van der Waals surface area contributed by atoms with Crippen molar-refractivity contribution in [3.63, 3.8) is 0 Å². The number of rotatable bonds is 5. The molecule has 0 amide bonds. The smallest absolute Gasteiger partial charge is 0.315 e. The molecule has 0 aromatic heterocycles. The number of allylic oxidation sites excluding steroid dienone is 2. The Morgan fingerprint density at radius 1 is 1.09 bits per heavy atom. The molecule has 0 saturated carbocycles. The Kier molecular flexibility index (Phi) is 6.61. The first-order chi connectivity index (χ1) is 15.3. The summed E-state index contributed by atoms with van der Waals surface area (Å²) in [5, 5.41) is 0.574. The molecule has 2 aliphatic rings. The molecule has 1 unspecified atom stereocenters. The number of aliphatic imine (C=N–C) groups is 1. The van der Waals surface area contributed by atoms with Gasteiger partial charge in [-0.25, -0.2) is 0 Å². The van der Waals surface area contributed by atoms with E-state index in [0.29, 0.717) is 35.8 Å². The first-order valence-electron chi connectivity index (χ1n) is 11.1. The maximum atomic E-state index is 13.5. The van der Waals surface area contributed by atoms with Crippen LogP contribution < -0.4 is 0 Å². The summed E-state index contributed by atoms with van der Waals surface area (Å²) >= 11 is 6.30. The normalized spacial score (nSPS) is 23.1. The van der Waals surface area contributed by atoms with Gasteiger partial charge in [-0.15, -0.1) is 0 Å². The summed E-state index contributed by atoms with van der Waals surface area (Å²) in [6.45, 7) is 6.19. The summed E-state index contributed by atoms with van der Waals surface area (Å²) < 4.78 is 5.61. The van der Waals surface area contributed by atoms with Crippen LogP contribution in [0.15, 0.2) is 70.9 Å². The van der Waals surface area contributed by atoms with Crippen LogP contribution in [0.5, 0.6) is 0 Å². The maximum Gasteiger partial charge on any atom is 0.315 e. The van der Waals surface area contributed by atoms with Gasteiger partial charge in [0.1, 0.15) is 5.92 Å². The molecule has 166 valence electrons. The number of hydrogen-bond acceptors (Lipinski definition) is 4. The Labute approximate surface area is 194 Å². The summed E-state index contributed by atoms with van der Waals surface area (Å²) in [5.74, 6) is -1.06. The minimum absolute atomic E-state index is 0.0444. The number of ether oxygens (including phenoxy) is 1. The van der Waals surface area contributed by atoms with E-state index in [1.54, 1.807) is 6.07 Å². The summed E-state index contributed by atoms with van der Waals surface area (Å²) in [4.78, 5) is 31.5. The molecule has 0 N–H and O–H groups in total. The standard InChI is InChI=1S/C27H28ClNO3/c1-16(2)15-32-27(31)24-17(3)29-22-13-20(18-8-5-4-6-9-18)14-23(30)26(22)25(24)19-10-7-11-21(28)12-19/h4-12,16,20,24-25H,13-15H2,1-3H3/t20-,24?,25+/m0/s1. The summed E-state index contributed by atoms with van der Waals surface area (Å²) in [6, 6.07) is 17.5. The second-order valence-electron chi connectivity index (χ2n) is 9.09. The minimum Gasteiger partial charge on any atom is -0.465 e. The number of halogens is 1. The van der Waals surface area contributed by atoms with Crippen LogP contribution in [0, 0.1) is 11.8 Å². The Morgan fingerprint density at radius 2 is 1.81 bits per heavy atom. The van der Waals surface area contributed by atoms with Crippen molar-refractivity contribution in [2.45, 2.75) is 45.4 Å². The van der Waals surface area contributed by atoms with Crippen LogP contribution in [0.4, 0.5) is 0 Å². The third-order valence-electron chi connectivity index (χ3n) is 6.18. The molecule has 5 heteroatoms. The van der Waals surface area contributed by atoms with Crippen LogP contribution in [0.3, 0.4) is 0 Å². The monoisotopic (exact) mass is 449 g/mol. The zero-order valence-corrected chi connectivity index (χ0v) is 19.4. The average molecular weight is 450 g/mol. The number of esters is 1. The third kappa shape index (κ3) is 4.56. The number of carbonyl (C=O) groups is 2. The maximum absolute atomic E-state index is 13.5. The number of carbonyl (C=O) groups excluding carboxylic acids is 2. The van der Waals surface area contributed by atoms with Crippen molar-refractivity contribution >= 4 is 29.1 Å². The molecule has 0 spiro atoms. The summed E-state index contributed by atoms with van der Waals surface area (Å²) in [6.07, 6.45) is 1.08. The fraction of sp³-hybridized carbons (Fsp3) is 0.370. The number of ketones is 1. The van der Waals surface area contributed by atoms with Crippen LogP contribution in [0.1, 0.15) is 56.6 Å². The van der Waals surface area contributed by atoms with Crippen molar-refractivity contribution in [3.8, 4) is 0 Å². The van der Waals surface area contributed by atoms with Gasteiger partial charge in [-0.3, -0.25) is 14.6 Å². The Balaban J connectivity index is 1.77. The lowest BCUT2D eigenvalue weighted by atomic mass is 9.69. The van der Waals surface area contributed by atoms with E-state index in [0.717, 1.165) is 16.8 Å². The first-order valence-corrected chi connectivity index (χ1v) is 11.5. The van der Waals surface area contributed by atoms with Crippen LogP contribution in [-0.2, 0) is 14.3 Å². The molecule has 1 aliphatic carbocycles. The Hall–Kier alpha value is -2.72. The van der Waals surface area contributed by atoms with Gasteiger partial charge in [-0.2, -0.15) is 0 Å². The van der Waals surface area contributed by atoms with E-state index < -0.39 is 11.8 Å². The van der Waals surface area contributed by atoms with Crippen LogP contribution in [-0.4, -0.2) is 24.1 Å². The molecule has 0 radical (unpaired) electrons. The van der Waals surface area contributed by atoms with Crippen LogP contribution in [0.25, 0.3) is 0 Å². The molecule has 4 nitrogen and oxygen atoms in total. The second-order valence-corrected chi connectivity index (χ2v) is 9.52. The predicted molar refractivity (Wildman–Crippen MR) is 127 cm³/mol. The number of benzene rings is 2. The molecule has 0 fully saturated rings. The van der Waals surface area contributed by atoms with E-state index in [4.69, 9.17) is 21.3 Å². The van der Waals surface area contributed by atoms with Gasteiger partial charge in [-0.05, 0) is 48.4 Å². The lowest BCUT2D eigenvalue weighted by molar-refractivity contribution is -0.147. The van der Waals surface area contributed by atoms with Crippen molar-refractivity contribution < 1.29 is 14.3 Å². The van der Waals surface area contributed by atoms with Gasteiger partial charge in [0.2, 0.25) is 0 Å². The van der Waals surface area contributed by atoms with Crippen molar-refractivity contribution in [3.05, 3.63) is 82.0 Å².